The summed E-state index contributed by atoms with van der Waals surface area (Å²) < 4.78 is 0. The van der Waals surface area contributed by atoms with Gasteiger partial charge in [-0.15, -0.1) is 6.42 Å². The van der Waals surface area contributed by atoms with Crippen LogP contribution >= 0.6 is 0 Å². The van der Waals surface area contributed by atoms with Crippen LogP contribution in [0.4, 0.5) is 0 Å². The van der Waals surface area contributed by atoms with Gasteiger partial charge in [-0.25, -0.2) is 0 Å². The number of aliphatic carboxylic acids is 1. The summed E-state index contributed by atoms with van der Waals surface area (Å²) in [6.07, 6.45) is 8.33. The molecular formula is C15H23NO3. The first-order valence-corrected chi connectivity index (χ1v) is 7.00. The molecule has 0 radical (unpaired) electrons. The number of carbonyl (C=O) groups excluding carboxylic acids is 1. The first-order chi connectivity index (χ1) is 9.04. The third-order valence-corrected chi connectivity index (χ3v) is 3.96. The summed E-state index contributed by atoms with van der Waals surface area (Å²) in [5.41, 5.74) is 0. The second kappa shape index (κ2) is 7.18. The fraction of sp³-hybridized carbons (Fsp3) is 0.733. The molecule has 0 aromatic carbocycles. The van der Waals surface area contributed by atoms with E-state index in [9.17, 15) is 14.7 Å². The lowest BCUT2D eigenvalue weighted by molar-refractivity contribution is -0.148. The molecule has 0 heterocycles. The van der Waals surface area contributed by atoms with Gasteiger partial charge in [0.15, 0.2) is 0 Å². The smallest absolute Gasteiger partial charge is 0.307 e. The molecule has 1 rings (SSSR count). The lowest BCUT2D eigenvalue weighted by atomic mass is 9.94. The highest BCUT2D eigenvalue weighted by Gasteiger charge is 2.43. The predicted molar refractivity (Wildman–Crippen MR) is 73.3 cm³/mol. The molecule has 1 saturated carbocycles. The van der Waals surface area contributed by atoms with E-state index >= 15 is 0 Å². The number of carboxylic acids is 1. The quantitative estimate of drug-likeness (QED) is 0.747. The Hall–Kier alpha value is -1.50. The van der Waals surface area contributed by atoms with Crippen molar-refractivity contribution in [2.45, 2.75) is 39.5 Å². The third kappa shape index (κ3) is 3.73. The molecule has 0 spiro atoms. The largest absolute Gasteiger partial charge is 0.481 e. The molecule has 1 N–H and O–H groups in total. The molecule has 1 aliphatic rings. The number of carbonyl (C=O) groups is 2. The van der Waals surface area contributed by atoms with Crippen molar-refractivity contribution in [2.75, 3.05) is 13.1 Å². The minimum atomic E-state index is -0.855. The highest BCUT2D eigenvalue weighted by atomic mass is 16.4. The van der Waals surface area contributed by atoms with Gasteiger partial charge >= 0.3 is 5.97 Å². The van der Waals surface area contributed by atoms with E-state index in [2.05, 4.69) is 5.92 Å². The zero-order chi connectivity index (χ0) is 14.4. The van der Waals surface area contributed by atoms with Crippen LogP contribution in [-0.4, -0.2) is 35.0 Å². The van der Waals surface area contributed by atoms with Crippen LogP contribution in [0.2, 0.25) is 0 Å². The van der Waals surface area contributed by atoms with Gasteiger partial charge in [0.05, 0.1) is 18.4 Å². The van der Waals surface area contributed by atoms with Gasteiger partial charge in [0, 0.05) is 6.54 Å². The van der Waals surface area contributed by atoms with Gasteiger partial charge in [0.1, 0.15) is 0 Å². The van der Waals surface area contributed by atoms with Crippen molar-refractivity contribution in [2.24, 2.45) is 17.8 Å². The number of nitrogens with zero attached hydrogens (tertiary/aromatic N) is 1. The fourth-order valence-corrected chi connectivity index (χ4v) is 2.90. The van der Waals surface area contributed by atoms with E-state index < -0.39 is 17.8 Å². The maximum absolute atomic E-state index is 12.5. The molecule has 1 amide bonds. The summed E-state index contributed by atoms with van der Waals surface area (Å²) in [4.78, 5) is 25.4. The zero-order valence-corrected chi connectivity index (χ0v) is 11.8. The fourth-order valence-electron chi connectivity index (χ4n) is 2.90. The number of carboxylic acid groups (broad SMARTS) is 1. The topological polar surface area (TPSA) is 57.6 Å². The molecule has 3 atom stereocenters. The van der Waals surface area contributed by atoms with Crippen molar-refractivity contribution in [3.8, 4) is 12.3 Å². The molecular weight excluding hydrogens is 242 g/mol. The standard InChI is InChI=1S/C15H23NO3/c1-4-7-16(8-5-2)14(17)12-9-11(6-3)10-13(12)15(18)19/h1,11-13H,5-10H2,2-3H3,(H,18,19)/t11?,12-,13+/m0/s1. The maximum atomic E-state index is 12.5. The van der Waals surface area contributed by atoms with Gasteiger partial charge < -0.3 is 10.0 Å². The van der Waals surface area contributed by atoms with Crippen molar-refractivity contribution in [3.05, 3.63) is 0 Å². The van der Waals surface area contributed by atoms with E-state index in [0.29, 0.717) is 25.3 Å². The van der Waals surface area contributed by atoms with Crippen LogP contribution in [0.1, 0.15) is 39.5 Å². The molecule has 0 saturated heterocycles. The van der Waals surface area contributed by atoms with E-state index in [1.165, 1.54) is 0 Å². The summed E-state index contributed by atoms with van der Waals surface area (Å²) in [6.45, 7) is 4.89. The third-order valence-electron chi connectivity index (χ3n) is 3.96. The van der Waals surface area contributed by atoms with Crippen LogP contribution in [0.5, 0.6) is 0 Å². The Morgan fingerprint density at radius 1 is 1.32 bits per heavy atom. The van der Waals surface area contributed by atoms with Crippen LogP contribution < -0.4 is 0 Å². The van der Waals surface area contributed by atoms with Gasteiger partial charge in [0.25, 0.3) is 0 Å². The second-order valence-corrected chi connectivity index (χ2v) is 5.26. The van der Waals surface area contributed by atoms with Crippen molar-refractivity contribution >= 4 is 11.9 Å². The Bertz CT molecular complexity index is 372. The molecule has 1 unspecified atom stereocenters. The number of rotatable bonds is 6. The second-order valence-electron chi connectivity index (χ2n) is 5.26. The minimum Gasteiger partial charge on any atom is -0.481 e. The highest BCUT2D eigenvalue weighted by molar-refractivity contribution is 5.85. The average Bonchev–Trinajstić information content (AvgIpc) is 2.82. The Labute approximate surface area is 115 Å². The number of hydrogen-bond donors (Lipinski definition) is 1. The number of hydrogen-bond acceptors (Lipinski definition) is 2. The molecule has 0 aromatic heterocycles. The first kappa shape index (κ1) is 15.6. The molecule has 1 aliphatic carbocycles. The van der Waals surface area contributed by atoms with Crippen molar-refractivity contribution < 1.29 is 14.7 Å². The van der Waals surface area contributed by atoms with Crippen molar-refractivity contribution in [1.82, 2.24) is 4.90 Å². The average molecular weight is 265 g/mol. The SMILES string of the molecule is C#CCN(CCC)C(=O)[C@H]1CC(CC)C[C@H]1C(=O)O. The van der Waals surface area contributed by atoms with Gasteiger partial charge in [-0.05, 0) is 25.2 Å². The van der Waals surface area contributed by atoms with Gasteiger partial charge in [-0.1, -0.05) is 26.2 Å². The van der Waals surface area contributed by atoms with Gasteiger partial charge in [0.2, 0.25) is 5.91 Å². The Morgan fingerprint density at radius 3 is 2.42 bits per heavy atom. The van der Waals surface area contributed by atoms with E-state index in [0.717, 1.165) is 12.8 Å². The Morgan fingerprint density at radius 2 is 1.95 bits per heavy atom. The van der Waals surface area contributed by atoms with E-state index in [-0.39, 0.29) is 12.5 Å². The van der Waals surface area contributed by atoms with Crippen LogP contribution in [0.25, 0.3) is 0 Å². The molecule has 19 heavy (non-hydrogen) atoms. The lowest BCUT2D eigenvalue weighted by Crippen LogP contribution is -2.40. The summed E-state index contributed by atoms with van der Waals surface area (Å²) in [5.74, 6) is 0.938. The molecule has 106 valence electrons. The minimum absolute atomic E-state index is 0.0804. The molecule has 4 heteroatoms. The Kier molecular flexibility index (Phi) is 5.88. The highest BCUT2D eigenvalue weighted by Crippen LogP contribution is 2.39. The van der Waals surface area contributed by atoms with Crippen molar-refractivity contribution in [3.63, 3.8) is 0 Å². The first-order valence-electron chi connectivity index (χ1n) is 7.00. The van der Waals surface area contributed by atoms with Crippen LogP contribution in [-0.2, 0) is 9.59 Å². The normalized spacial score (nSPS) is 25.8. The van der Waals surface area contributed by atoms with Gasteiger partial charge in [-0.2, -0.15) is 0 Å². The summed E-state index contributed by atoms with van der Waals surface area (Å²) >= 11 is 0. The van der Waals surface area contributed by atoms with E-state index in [1.54, 1.807) is 4.90 Å². The predicted octanol–water partition coefficient (Wildman–Crippen LogP) is 2.00. The molecule has 0 aliphatic heterocycles. The van der Waals surface area contributed by atoms with Crippen molar-refractivity contribution in [1.29, 1.82) is 0 Å². The lowest BCUT2D eigenvalue weighted by Gasteiger charge is -2.25. The van der Waals surface area contributed by atoms with Crippen LogP contribution in [0, 0.1) is 30.1 Å². The zero-order valence-electron chi connectivity index (χ0n) is 11.8. The van der Waals surface area contributed by atoms with Crippen LogP contribution in [0.15, 0.2) is 0 Å². The molecule has 0 aromatic rings. The number of terminal acetylenes is 1. The molecule has 0 bridgehead atoms. The maximum Gasteiger partial charge on any atom is 0.307 e. The van der Waals surface area contributed by atoms with Gasteiger partial charge in [-0.3, -0.25) is 9.59 Å². The molecule has 1 fully saturated rings. The Balaban J connectivity index is 2.82. The van der Waals surface area contributed by atoms with E-state index in [4.69, 9.17) is 6.42 Å². The van der Waals surface area contributed by atoms with Crippen LogP contribution in [0.3, 0.4) is 0 Å². The summed E-state index contributed by atoms with van der Waals surface area (Å²) in [6, 6.07) is 0. The number of amides is 1. The summed E-state index contributed by atoms with van der Waals surface area (Å²) in [5, 5.41) is 9.28. The molecule has 4 nitrogen and oxygen atoms in total. The summed E-state index contributed by atoms with van der Waals surface area (Å²) in [7, 11) is 0. The van der Waals surface area contributed by atoms with E-state index in [1.807, 2.05) is 13.8 Å². The monoisotopic (exact) mass is 265 g/mol.